The number of hydrogen-bond donors (Lipinski definition) is 2. The van der Waals surface area contributed by atoms with Gasteiger partial charge in [0.1, 0.15) is 12.4 Å². The maximum atomic E-state index is 5.79. The normalized spacial score (nSPS) is 10.1. The molecule has 3 N–H and O–H groups in total. The number of nitrogens with one attached hydrogen (secondary N) is 1. The first kappa shape index (κ1) is 14.9. The molecule has 0 unspecified atom stereocenters. The predicted molar refractivity (Wildman–Crippen MR) is 82.7 cm³/mol. The van der Waals surface area contributed by atoms with Crippen molar-refractivity contribution in [1.82, 2.24) is 9.97 Å². The Labute approximate surface area is 124 Å². The van der Waals surface area contributed by atoms with E-state index in [1.54, 1.807) is 18.3 Å². The maximum Gasteiger partial charge on any atom is 0.226 e. The van der Waals surface area contributed by atoms with Gasteiger partial charge in [0.2, 0.25) is 11.8 Å². The van der Waals surface area contributed by atoms with Crippen LogP contribution in [0, 0.1) is 0 Å². The molecule has 6 heteroatoms. The lowest BCUT2D eigenvalue weighted by molar-refractivity contribution is 0.305. The SMILES string of the molecule is CCCOc1ccnc(NCCOc2ccccc2N)n1. The van der Waals surface area contributed by atoms with E-state index in [-0.39, 0.29) is 0 Å². The largest absolute Gasteiger partial charge is 0.490 e. The summed E-state index contributed by atoms with van der Waals surface area (Å²) in [5.74, 6) is 1.77. The molecular formula is C15H20N4O2. The van der Waals surface area contributed by atoms with Crippen molar-refractivity contribution in [1.29, 1.82) is 0 Å². The zero-order valence-corrected chi connectivity index (χ0v) is 12.1. The fourth-order valence-corrected chi connectivity index (χ4v) is 1.65. The van der Waals surface area contributed by atoms with Crippen LogP contribution in [0.4, 0.5) is 11.6 Å². The second-order valence-corrected chi connectivity index (χ2v) is 4.38. The summed E-state index contributed by atoms with van der Waals surface area (Å²) in [6.07, 6.45) is 2.61. The van der Waals surface area contributed by atoms with Crippen molar-refractivity contribution in [3.63, 3.8) is 0 Å². The molecule has 0 amide bonds. The van der Waals surface area contributed by atoms with Gasteiger partial charge in [-0.05, 0) is 18.6 Å². The van der Waals surface area contributed by atoms with E-state index >= 15 is 0 Å². The Bertz CT molecular complexity index is 563. The van der Waals surface area contributed by atoms with Gasteiger partial charge in [0.15, 0.2) is 0 Å². The van der Waals surface area contributed by atoms with E-state index in [1.165, 1.54) is 0 Å². The van der Waals surface area contributed by atoms with Crippen LogP contribution < -0.4 is 20.5 Å². The highest BCUT2D eigenvalue weighted by Crippen LogP contribution is 2.19. The molecule has 0 saturated carbocycles. The summed E-state index contributed by atoms with van der Waals surface area (Å²) >= 11 is 0. The van der Waals surface area contributed by atoms with Gasteiger partial charge in [-0.25, -0.2) is 4.98 Å². The van der Waals surface area contributed by atoms with Crippen molar-refractivity contribution in [3.05, 3.63) is 36.5 Å². The van der Waals surface area contributed by atoms with Crippen LogP contribution in [0.5, 0.6) is 11.6 Å². The van der Waals surface area contributed by atoms with Crippen molar-refractivity contribution in [2.45, 2.75) is 13.3 Å². The third-order valence-electron chi connectivity index (χ3n) is 2.65. The number of nitrogen functional groups attached to an aromatic ring is 1. The van der Waals surface area contributed by atoms with E-state index in [0.717, 1.165) is 6.42 Å². The van der Waals surface area contributed by atoms with Crippen molar-refractivity contribution in [2.24, 2.45) is 0 Å². The minimum atomic E-state index is 0.470. The molecule has 0 saturated heterocycles. The minimum Gasteiger partial charge on any atom is -0.490 e. The van der Waals surface area contributed by atoms with Crippen LogP contribution in [0.1, 0.15) is 13.3 Å². The van der Waals surface area contributed by atoms with E-state index in [9.17, 15) is 0 Å². The van der Waals surface area contributed by atoms with E-state index in [4.69, 9.17) is 15.2 Å². The van der Waals surface area contributed by atoms with Crippen LogP contribution >= 0.6 is 0 Å². The van der Waals surface area contributed by atoms with E-state index in [0.29, 0.717) is 43.0 Å². The van der Waals surface area contributed by atoms with Gasteiger partial charge in [-0.3, -0.25) is 0 Å². The number of aromatic nitrogens is 2. The van der Waals surface area contributed by atoms with Gasteiger partial charge in [0, 0.05) is 12.3 Å². The Morgan fingerprint density at radius 3 is 2.81 bits per heavy atom. The molecule has 0 aliphatic heterocycles. The molecule has 1 aromatic carbocycles. The number of hydrogen-bond acceptors (Lipinski definition) is 6. The molecule has 0 fully saturated rings. The molecule has 21 heavy (non-hydrogen) atoms. The lowest BCUT2D eigenvalue weighted by Gasteiger charge is -2.10. The standard InChI is InChI=1S/C15H20N4O2/c1-2-10-21-14-7-8-17-15(19-14)18-9-11-20-13-6-4-3-5-12(13)16/h3-8H,2,9-11,16H2,1H3,(H,17,18,19). The summed E-state index contributed by atoms with van der Waals surface area (Å²) in [5, 5.41) is 3.08. The van der Waals surface area contributed by atoms with Crippen LogP contribution in [-0.4, -0.2) is 29.7 Å². The highest BCUT2D eigenvalue weighted by atomic mass is 16.5. The minimum absolute atomic E-state index is 0.470. The maximum absolute atomic E-state index is 5.79. The number of para-hydroxylation sites is 2. The first-order valence-corrected chi connectivity index (χ1v) is 6.96. The van der Waals surface area contributed by atoms with Gasteiger partial charge >= 0.3 is 0 Å². The summed E-state index contributed by atoms with van der Waals surface area (Å²) in [4.78, 5) is 8.37. The molecule has 0 radical (unpaired) electrons. The molecule has 2 aromatic rings. The number of nitrogens with two attached hydrogens (primary N) is 1. The Kier molecular flexibility index (Phi) is 5.63. The topological polar surface area (TPSA) is 82.3 Å². The fourth-order valence-electron chi connectivity index (χ4n) is 1.65. The number of anilines is 2. The molecule has 2 rings (SSSR count). The molecule has 1 heterocycles. The Hall–Kier alpha value is -2.50. The van der Waals surface area contributed by atoms with Gasteiger partial charge in [0.05, 0.1) is 18.8 Å². The lowest BCUT2D eigenvalue weighted by Crippen LogP contribution is -2.14. The summed E-state index contributed by atoms with van der Waals surface area (Å²) in [6, 6.07) is 9.14. The Balaban J connectivity index is 1.77. The smallest absolute Gasteiger partial charge is 0.226 e. The molecule has 6 nitrogen and oxygen atoms in total. The molecule has 1 aromatic heterocycles. The highest BCUT2D eigenvalue weighted by molar-refractivity contribution is 5.51. The third kappa shape index (κ3) is 4.83. The van der Waals surface area contributed by atoms with Crippen molar-refractivity contribution in [2.75, 3.05) is 30.8 Å². The van der Waals surface area contributed by atoms with Gasteiger partial charge in [-0.1, -0.05) is 19.1 Å². The second kappa shape index (κ2) is 7.94. The zero-order valence-electron chi connectivity index (χ0n) is 12.1. The highest BCUT2D eigenvalue weighted by Gasteiger charge is 2.01. The lowest BCUT2D eigenvalue weighted by atomic mass is 10.3. The van der Waals surface area contributed by atoms with E-state index in [1.807, 2.05) is 25.1 Å². The zero-order chi connectivity index (χ0) is 14.9. The first-order valence-electron chi connectivity index (χ1n) is 6.96. The third-order valence-corrected chi connectivity index (χ3v) is 2.65. The summed E-state index contributed by atoms with van der Waals surface area (Å²) < 4.78 is 11.0. The number of ether oxygens (including phenoxy) is 2. The van der Waals surface area contributed by atoms with Gasteiger partial charge in [0.25, 0.3) is 0 Å². The molecular weight excluding hydrogens is 268 g/mol. The Morgan fingerprint density at radius 1 is 1.14 bits per heavy atom. The van der Waals surface area contributed by atoms with E-state index in [2.05, 4.69) is 15.3 Å². The van der Waals surface area contributed by atoms with Crippen molar-refractivity contribution >= 4 is 11.6 Å². The van der Waals surface area contributed by atoms with Gasteiger partial charge < -0.3 is 20.5 Å². The predicted octanol–water partition coefficient (Wildman–Crippen LogP) is 2.34. The van der Waals surface area contributed by atoms with Crippen LogP contribution in [-0.2, 0) is 0 Å². The Morgan fingerprint density at radius 2 is 2.00 bits per heavy atom. The molecule has 0 aliphatic rings. The first-order chi connectivity index (χ1) is 10.3. The van der Waals surface area contributed by atoms with Crippen LogP contribution in [0.2, 0.25) is 0 Å². The summed E-state index contributed by atoms with van der Waals surface area (Å²) in [5.41, 5.74) is 6.42. The number of rotatable bonds is 8. The summed E-state index contributed by atoms with van der Waals surface area (Å²) in [6.45, 7) is 3.74. The second-order valence-electron chi connectivity index (χ2n) is 4.38. The molecule has 0 atom stereocenters. The monoisotopic (exact) mass is 288 g/mol. The van der Waals surface area contributed by atoms with Crippen LogP contribution in [0.15, 0.2) is 36.5 Å². The molecule has 112 valence electrons. The van der Waals surface area contributed by atoms with Crippen LogP contribution in [0.25, 0.3) is 0 Å². The molecule has 0 aliphatic carbocycles. The summed E-state index contributed by atoms with van der Waals surface area (Å²) in [7, 11) is 0. The molecule has 0 spiro atoms. The average molecular weight is 288 g/mol. The van der Waals surface area contributed by atoms with Crippen molar-refractivity contribution < 1.29 is 9.47 Å². The van der Waals surface area contributed by atoms with E-state index < -0.39 is 0 Å². The number of benzene rings is 1. The number of nitrogens with zero attached hydrogens (tertiary/aromatic N) is 2. The average Bonchev–Trinajstić information content (AvgIpc) is 2.51. The van der Waals surface area contributed by atoms with Crippen molar-refractivity contribution in [3.8, 4) is 11.6 Å². The molecule has 0 bridgehead atoms. The van der Waals surface area contributed by atoms with Gasteiger partial charge in [-0.2, -0.15) is 4.98 Å². The fraction of sp³-hybridized carbons (Fsp3) is 0.333. The van der Waals surface area contributed by atoms with Gasteiger partial charge in [-0.15, -0.1) is 0 Å². The quantitative estimate of drug-likeness (QED) is 0.573. The van der Waals surface area contributed by atoms with Crippen LogP contribution in [0.3, 0.4) is 0 Å².